The number of carbonyl (C=O) groups is 2. The van der Waals surface area contributed by atoms with E-state index in [0.717, 1.165) is 9.87 Å². The lowest BCUT2D eigenvalue weighted by molar-refractivity contribution is -0.116. The van der Waals surface area contributed by atoms with Crippen LogP contribution in [0.5, 0.6) is 5.75 Å². The standard InChI is InChI=1S/C19H22N2O6S/c1-13-5-6-14(19(23)27-4)11-17(13)20-18(22)12-21(2)28(24,25)16-9-7-15(26-3)8-10-16/h5-11H,12H2,1-4H3,(H,20,22). The zero-order valence-electron chi connectivity index (χ0n) is 16.1. The lowest BCUT2D eigenvalue weighted by Gasteiger charge is -2.18. The highest BCUT2D eigenvalue weighted by molar-refractivity contribution is 7.89. The number of ether oxygens (including phenoxy) is 2. The van der Waals surface area contributed by atoms with Gasteiger partial charge in [0.1, 0.15) is 5.75 Å². The quantitative estimate of drug-likeness (QED) is 0.706. The van der Waals surface area contributed by atoms with Gasteiger partial charge in [-0.25, -0.2) is 13.2 Å². The number of nitrogens with one attached hydrogen (secondary N) is 1. The molecule has 0 saturated heterocycles. The number of amides is 1. The first-order chi connectivity index (χ1) is 13.2. The minimum atomic E-state index is -3.84. The zero-order chi connectivity index (χ0) is 20.9. The molecule has 0 spiro atoms. The Morgan fingerprint density at radius 1 is 1.07 bits per heavy atom. The van der Waals surface area contributed by atoms with Crippen LogP contribution < -0.4 is 10.1 Å². The summed E-state index contributed by atoms with van der Waals surface area (Å²) < 4.78 is 35.9. The molecule has 0 atom stereocenters. The second-order valence-corrected chi connectivity index (χ2v) is 8.05. The number of anilines is 1. The van der Waals surface area contributed by atoms with E-state index in [-0.39, 0.29) is 10.5 Å². The Hall–Kier alpha value is -2.91. The van der Waals surface area contributed by atoms with Crippen molar-refractivity contribution in [3.05, 3.63) is 53.6 Å². The Kier molecular flexibility index (Phi) is 6.76. The molecular weight excluding hydrogens is 384 g/mol. The summed E-state index contributed by atoms with van der Waals surface area (Å²) in [5, 5.41) is 2.63. The highest BCUT2D eigenvalue weighted by atomic mass is 32.2. The number of aryl methyl sites for hydroxylation is 1. The van der Waals surface area contributed by atoms with Gasteiger partial charge in [0.25, 0.3) is 0 Å². The van der Waals surface area contributed by atoms with Crippen LogP contribution in [-0.2, 0) is 19.6 Å². The summed E-state index contributed by atoms with van der Waals surface area (Å²) in [5.41, 5.74) is 1.41. The first kappa shape index (κ1) is 21.4. The van der Waals surface area contributed by atoms with Crippen molar-refractivity contribution in [1.29, 1.82) is 0 Å². The molecule has 0 unspecified atom stereocenters. The Labute approximate surface area is 164 Å². The number of benzene rings is 2. The van der Waals surface area contributed by atoms with Gasteiger partial charge in [-0.2, -0.15) is 4.31 Å². The lowest BCUT2D eigenvalue weighted by Crippen LogP contribution is -2.35. The molecule has 1 N–H and O–H groups in total. The number of rotatable bonds is 7. The van der Waals surface area contributed by atoms with Crippen LogP contribution in [0.15, 0.2) is 47.4 Å². The molecule has 0 radical (unpaired) electrons. The smallest absolute Gasteiger partial charge is 0.337 e. The Balaban J connectivity index is 2.12. The van der Waals surface area contributed by atoms with Crippen LogP contribution in [0.25, 0.3) is 0 Å². The fourth-order valence-electron chi connectivity index (χ4n) is 2.41. The third-order valence-corrected chi connectivity index (χ3v) is 5.88. The molecule has 8 nitrogen and oxygen atoms in total. The van der Waals surface area contributed by atoms with Gasteiger partial charge in [0.15, 0.2) is 0 Å². The lowest BCUT2D eigenvalue weighted by atomic mass is 10.1. The van der Waals surface area contributed by atoms with E-state index in [1.54, 1.807) is 19.1 Å². The van der Waals surface area contributed by atoms with Gasteiger partial charge in [-0.15, -0.1) is 0 Å². The second-order valence-electron chi connectivity index (χ2n) is 6.01. The van der Waals surface area contributed by atoms with Gasteiger partial charge in [-0.05, 0) is 48.9 Å². The molecule has 0 aromatic heterocycles. The number of likely N-dealkylation sites (N-methyl/N-ethyl adjacent to an activating group) is 1. The monoisotopic (exact) mass is 406 g/mol. The summed E-state index contributed by atoms with van der Waals surface area (Å²) in [7, 11) is 0.219. The second kappa shape index (κ2) is 8.85. The van der Waals surface area contributed by atoms with E-state index in [2.05, 4.69) is 10.1 Å². The largest absolute Gasteiger partial charge is 0.497 e. The normalized spacial score (nSPS) is 11.2. The predicted molar refractivity (Wildman–Crippen MR) is 104 cm³/mol. The first-order valence-corrected chi connectivity index (χ1v) is 9.72. The molecule has 0 aliphatic rings. The maximum atomic E-state index is 12.6. The van der Waals surface area contributed by atoms with Crippen molar-refractivity contribution >= 4 is 27.6 Å². The number of sulfonamides is 1. The van der Waals surface area contributed by atoms with E-state index in [1.807, 2.05) is 0 Å². The number of esters is 1. The molecule has 0 saturated carbocycles. The molecule has 0 bridgehead atoms. The van der Waals surface area contributed by atoms with Crippen molar-refractivity contribution in [2.45, 2.75) is 11.8 Å². The maximum Gasteiger partial charge on any atom is 0.337 e. The number of carbonyl (C=O) groups excluding carboxylic acids is 2. The topological polar surface area (TPSA) is 102 Å². The van der Waals surface area contributed by atoms with Gasteiger partial charge in [0, 0.05) is 12.7 Å². The maximum absolute atomic E-state index is 12.6. The van der Waals surface area contributed by atoms with E-state index in [1.165, 1.54) is 51.6 Å². The summed E-state index contributed by atoms with van der Waals surface area (Å²) in [6, 6.07) is 10.6. The summed E-state index contributed by atoms with van der Waals surface area (Å²) >= 11 is 0. The van der Waals surface area contributed by atoms with E-state index in [9.17, 15) is 18.0 Å². The van der Waals surface area contributed by atoms with Crippen LogP contribution in [0.4, 0.5) is 5.69 Å². The minimum Gasteiger partial charge on any atom is -0.497 e. The molecule has 2 rings (SSSR count). The van der Waals surface area contributed by atoms with E-state index >= 15 is 0 Å². The summed E-state index contributed by atoms with van der Waals surface area (Å²) in [4.78, 5) is 24.0. The molecule has 0 heterocycles. The van der Waals surface area contributed by atoms with Gasteiger partial charge in [-0.1, -0.05) is 6.07 Å². The van der Waals surface area contributed by atoms with Crippen molar-refractivity contribution in [2.75, 3.05) is 33.1 Å². The van der Waals surface area contributed by atoms with Crippen molar-refractivity contribution < 1.29 is 27.5 Å². The highest BCUT2D eigenvalue weighted by Gasteiger charge is 2.23. The van der Waals surface area contributed by atoms with E-state index < -0.39 is 28.4 Å². The molecule has 9 heteroatoms. The average molecular weight is 406 g/mol. The number of hydrogen-bond donors (Lipinski definition) is 1. The van der Waals surface area contributed by atoms with Gasteiger partial charge < -0.3 is 14.8 Å². The van der Waals surface area contributed by atoms with Crippen molar-refractivity contribution in [3.63, 3.8) is 0 Å². The molecular formula is C19H22N2O6S. The minimum absolute atomic E-state index is 0.0486. The van der Waals surface area contributed by atoms with Gasteiger partial charge in [0.2, 0.25) is 15.9 Å². The fourth-order valence-corrected chi connectivity index (χ4v) is 3.53. The fraction of sp³-hybridized carbons (Fsp3) is 0.263. The van der Waals surface area contributed by atoms with Crippen LogP contribution in [0.1, 0.15) is 15.9 Å². The van der Waals surface area contributed by atoms with Crippen LogP contribution in [0.3, 0.4) is 0 Å². The summed E-state index contributed by atoms with van der Waals surface area (Å²) in [5.74, 6) is -0.542. The molecule has 1 amide bonds. The van der Waals surface area contributed by atoms with Crippen molar-refractivity contribution in [2.24, 2.45) is 0 Å². The predicted octanol–water partition coefficient (Wildman–Crippen LogP) is 2.05. The average Bonchev–Trinajstić information content (AvgIpc) is 2.68. The molecule has 150 valence electrons. The van der Waals surface area contributed by atoms with Crippen molar-refractivity contribution in [1.82, 2.24) is 4.31 Å². The molecule has 2 aromatic rings. The van der Waals surface area contributed by atoms with Crippen LogP contribution in [0, 0.1) is 6.92 Å². The number of nitrogens with zero attached hydrogens (tertiary/aromatic N) is 1. The molecule has 0 fully saturated rings. The van der Waals surface area contributed by atoms with Crippen LogP contribution >= 0.6 is 0 Å². The number of methoxy groups -OCH3 is 2. The molecule has 2 aromatic carbocycles. The Morgan fingerprint density at radius 2 is 1.71 bits per heavy atom. The van der Waals surface area contributed by atoms with Crippen LogP contribution in [-0.4, -0.2) is 52.4 Å². The Bertz CT molecular complexity index is 970. The van der Waals surface area contributed by atoms with Crippen LogP contribution in [0.2, 0.25) is 0 Å². The molecule has 28 heavy (non-hydrogen) atoms. The third kappa shape index (κ3) is 4.87. The van der Waals surface area contributed by atoms with Gasteiger partial charge in [0.05, 0.1) is 31.2 Å². The zero-order valence-corrected chi connectivity index (χ0v) is 16.9. The molecule has 0 aliphatic heterocycles. The Morgan fingerprint density at radius 3 is 2.29 bits per heavy atom. The summed E-state index contributed by atoms with van der Waals surface area (Å²) in [6.45, 7) is 1.37. The van der Waals surface area contributed by atoms with E-state index in [4.69, 9.17) is 4.74 Å². The SMILES string of the molecule is COC(=O)c1ccc(C)c(NC(=O)CN(C)S(=O)(=O)c2ccc(OC)cc2)c1. The van der Waals surface area contributed by atoms with Gasteiger partial charge >= 0.3 is 5.97 Å². The van der Waals surface area contributed by atoms with Crippen molar-refractivity contribution in [3.8, 4) is 5.75 Å². The molecule has 0 aliphatic carbocycles. The van der Waals surface area contributed by atoms with Gasteiger partial charge in [-0.3, -0.25) is 4.79 Å². The highest BCUT2D eigenvalue weighted by Crippen LogP contribution is 2.20. The third-order valence-electron chi connectivity index (χ3n) is 4.07. The number of hydrogen-bond acceptors (Lipinski definition) is 6. The van der Waals surface area contributed by atoms with E-state index in [0.29, 0.717) is 11.4 Å². The first-order valence-electron chi connectivity index (χ1n) is 8.28. The summed E-state index contributed by atoms with van der Waals surface area (Å²) in [6.07, 6.45) is 0.